The number of hydrogen-bond donors (Lipinski definition) is 1. The van der Waals surface area contributed by atoms with Crippen LogP contribution >= 0.6 is 0 Å². The number of halogens is 1. The Morgan fingerprint density at radius 3 is 2.63 bits per heavy atom. The number of ether oxygens (including phenoxy) is 1. The lowest BCUT2D eigenvalue weighted by Crippen LogP contribution is -2.50. The van der Waals surface area contributed by atoms with E-state index in [-0.39, 0.29) is 23.5 Å². The van der Waals surface area contributed by atoms with Crippen LogP contribution in [0.3, 0.4) is 0 Å². The molecule has 9 heteroatoms. The second-order valence-corrected chi connectivity index (χ2v) is 7.51. The summed E-state index contributed by atoms with van der Waals surface area (Å²) < 4.78 is 18.3. The Hall–Kier alpha value is -2.71. The number of piperidine rings is 1. The standard InChI is InChI=1S/C18H25FN4O4/c1-11-5-6-12(10-23(11)17(25)26-18(2,3)4)15(20)22-27-16(24)14-8-7-13(19)9-21-14/h7-9,11-12H,5-6,10H2,1-4H3,(H2,20,22)/t11-,12?/m1/s1. The number of rotatable bonds is 3. The second-order valence-electron chi connectivity index (χ2n) is 7.51. The lowest BCUT2D eigenvalue weighted by molar-refractivity contribution is 0.00868. The molecule has 8 nitrogen and oxygen atoms in total. The SMILES string of the molecule is C[C@@H]1CCC(C(N)=NOC(=O)c2ccc(F)cn2)CN1C(=O)OC(C)(C)C. The number of hydrogen-bond acceptors (Lipinski definition) is 6. The topological polar surface area (TPSA) is 107 Å². The average molecular weight is 380 g/mol. The fourth-order valence-corrected chi connectivity index (χ4v) is 2.64. The van der Waals surface area contributed by atoms with Gasteiger partial charge in [0.25, 0.3) is 0 Å². The van der Waals surface area contributed by atoms with Crippen molar-refractivity contribution in [2.75, 3.05) is 6.54 Å². The lowest BCUT2D eigenvalue weighted by Gasteiger charge is -2.38. The van der Waals surface area contributed by atoms with E-state index in [2.05, 4.69) is 10.1 Å². The molecule has 2 rings (SSSR count). The van der Waals surface area contributed by atoms with Gasteiger partial charge in [-0.25, -0.2) is 19.0 Å². The molecular formula is C18H25FN4O4. The van der Waals surface area contributed by atoms with Crippen molar-refractivity contribution in [2.24, 2.45) is 16.8 Å². The first-order valence-corrected chi connectivity index (χ1v) is 8.72. The molecular weight excluding hydrogens is 355 g/mol. The van der Waals surface area contributed by atoms with Crippen molar-refractivity contribution >= 4 is 17.9 Å². The van der Waals surface area contributed by atoms with E-state index >= 15 is 0 Å². The zero-order chi connectivity index (χ0) is 20.2. The van der Waals surface area contributed by atoms with Crippen LogP contribution in [0.1, 0.15) is 51.0 Å². The molecule has 0 aliphatic carbocycles. The summed E-state index contributed by atoms with van der Waals surface area (Å²) in [6.07, 6.45) is 1.90. The Morgan fingerprint density at radius 1 is 1.33 bits per heavy atom. The molecule has 1 aliphatic heterocycles. The quantitative estimate of drug-likeness (QED) is 0.374. The monoisotopic (exact) mass is 380 g/mol. The fourth-order valence-electron chi connectivity index (χ4n) is 2.64. The number of aromatic nitrogens is 1. The van der Waals surface area contributed by atoms with Crippen molar-refractivity contribution < 1.29 is 23.6 Å². The summed E-state index contributed by atoms with van der Waals surface area (Å²) in [5.74, 6) is -1.56. The maximum absolute atomic E-state index is 12.8. The van der Waals surface area contributed by atoms with Crippen LogP contribution in [-0.4, -0.2) is 46.0 Å². The zero-order valence-corrected chi connectivity index (χ0v) is 15.9. The molecule has 2 N–H and O–H groups in total. The molecule has 148 valence electrons. The van der Waals surface area contributed by atoms with E-state index in [0.29, 0.717) is 19.4 Å². The number of nitrogens with two attached hydrogens (primary N) is 1. The van der Waals surface area contributed by atoms with Crippen molar-refractivity contribution in [3.63, 3.8) is 0 Å². The molecule has 0 aromatic carbocycles. The van der Waals surface area contributed by atoms with Gasteiger partial charge >= 0.3 is 12.1 Å². The van der Waals surface area contributed by atoms with Crippen LogP contribution in [0.15, 0.2) is 23.5 Å². The van der Waals surface area contributed by atoms with Crippen LogP contribution in [0.5, 0.6) is 0 Å². The summed E-state index contributed by atoms with van der Waals surface area (Å²) in [5.41, 5.74) is 5.27. The highest BCUT2D eigenvalue weighted by Crippen LogP contribution is 2.24. The highest BCUT2D eigenvalue weighted by atomic mass is 19.1. The summed E-state index contributed by atoms with van der Waals surface area (Å²) in [4.78, 5) is 34.3. The lowest BCUT2D eigenvalue weighted by atomic mass is 9.93. The number of likely N-dealkylation sites (tertiary alicyclic amines) is 1. The Morgan fingerprint density at radius 2 is 2.04 bits per heavy atom. The third-order valence-electron chi connectivity index (χ3n) is 4.10. The summed E-state index contributed by atoms with van der Waals surface area (Å²) >= 11 is 0. The van der Waals surface area contributed by atoms with E-state index < -0.39 is 23.5 Å². The predicted molar refractivity (Wildman–Crippen MR) is 96.4 cm³/mol. The molecule has 27 heavy (non-hydrogen) atoms. The van der Waals surface area contributed by atoms with E-state index in [0.717, 1.165) is 12.3 Å². The average Bonchev–Trinajstić information content (AvgIpc) is 2.58. The number of oxime groups is 1. The third kappa shape index (κ3) is 5.90. The van der Waals surface area contributed by atoms with Gasteiger partial charge in [-0.3, -0.25) is 0 Å². The summed E-state index contributed by atoms with van der Waals surface area (Å²) in [6.45, 7) is 7.66. The molecule has 1 aliphatic rings. The van der Waals surface area contributed by atoms with Crippen LogP contribution in [-0.2, 0) is 9.57 Å². The zero-order valence-electron chi connectivity index (χ0n) is 15.9. The van der Waals surface area contributed by atoms with Crippen LogP contribution in [0.2, 0.25) is 0 Å². The molecule has 1 aromatic rings. The van der Waals surface area contributed by atoms with Gasteiger partial charge in [0.2, 0.25) is 0 Å². The van der Waals surface area contributed by atoms with Crippen molar-refractivity contribution in [3.8, 4) is 0 Å². The minimum Gasteiger partial charge on any atom is -0.444 e. The molecule has 1 fully saturated rings. The van der Waals surface area contributed by atoms with Crippen molar-refractivity contribution in [1.29, 1.82) is 0 Å². The number of amides is 1. The van der Waals surface area contributed by atoms with E-state index in [4.69, 9.17) is 15.3 Å². The first-order valence-electron chi connectivity index (χ1n) is 8.72. The number of amidine groups is 1. The maximum atomic E-state index is 12.8. The number of pyridine rings is 1. The van der Waals surface area contributed by atoms with Gasteiger partial charge < -0.3 is 20.2 Å². The largest absolute Gasteiger partial charge is 0.444 e. The van der Waals surface area contributed by atoms with E-state index in [1.54, 1.807) is 25.7 Å². The van der Waals surface area contributed by atoms with Crippen LogP contribution in [0.4, 0.5) is 9.18 Å². The molecule has 0 saturated carbocycles. The van der Waals surface area contributed by atoms with Crippen molar-refractivity contribution in [2.45, 2.75) is 52.2 Å². The first kappa shape index (κ1) is 20.6. The van der Waals surface area contributed by atoms with Gasteiger partial charge in [0.05, 0.1) is 6.20 Å². The van der Waals surface area contributed by atoms with E-state index in [1.165, 1.54) is 6.07 Å². The van der Waals surface area contributed by atoms with Gasteiger partial charge in [-0.05, 0) is 52.7 Å². The van der Waals surface area contributed by atoms with Crippen LogP contribution in [0, 0.1) is 11.7 Å². The van der Waals surface area contributed by atoms with Crippen LogP contribution < -0.4 is 5.73 Å². The normalized spacial score (nSPS) is 20.9. The molecule has 1 aromatic heterocycles. The molecule has 1 saturated heterocycles. The number of carbonyl (C=O) groups is 2. The third-order valence-corrected chi connectivity index (χ3v) is 4.10. The van der Waals surface area contributed by atoms with E-state index in [9.17, 15) is 14.0 Å². The molecule has 0 spiro atoms. The Balaban J connectivity index is 1.99. The van der Waals surface area contributed by atoms with E-state index in [1.807, 2.05) is 6.92 Å². The van der Waals surface area contributed by atoms with Crippen molar-refractivity contribution in [1.82, 2.24) is 9.88 Å². The van der Waals surface area contributed by atoms with Gasteiger partial charge in [-0.2, -0.15) is 0 Å². The summed E-state index contributed by atoms with van der Waals surface area (Å²) in [5, 5.41) is 3.67. The van der Waals surface area contributed by atoms with Crippen molar-refractivity contribution in [3.05, 3.63) is 29.8 Å². The first-order chi connectivity index (χ1) is 12.6. The molecule has 0 radical (unpaired) electrons. The smallest absolute Gasteiger partial charge is 0.410 e. The number of carbonyl (C=O) groups excluding carboxylic acids is 2. The second kappa shape index (κ2) is 8.32. The van der Waals surface area contributed by atoms with Crippen LogP contribution in [0.25, 0.3) is 0 Å². The molecule has 1 unspecified atom stereocenters. The highest BCUT2D eigenvalue weighted by Gasteiger charge is 2.33. The predicted octanol–water partition coefficient (Wildman–Crippen LogP) is 2.69. The Bertz CT molecular complexity index is 715. The van der Waals surface area contributed by atoms with Gasteiger partial charge in [0, 0.05) is 18.5 Å². The molecule has 2 atom stereocenters. The molecule has 2 heterocycles. The minimum atomic E-state index is -0.842. The fraction of sp³-hybridized carbons (Fsp3) is 0.556. The van der Waals surface area contributed by atoms with Gasteiger partial charge in [-0.1, -0.05) is 5.16 Å². The number of nitrogens with zero attached hydrogens (tertiary/aromatic N) is 3. The Kier molecular flexibility index (Phi) is 6.35. The maximum Gasteiger partial charge on any atom is 0.410 e. The molecule has 1 amide bonds. The van der Waals surface area contributed by atoms with Gasteiger partial charge in [0.1, 0.15) is 17.3 Å². The highest BCUT2D eigenvalue weighted by molar-refractivity contribution is 5.89. The molecule has 0 bridgehead atoms. The van der Waals surface area contributed by atoms with Gasteiger partial charge in [0.15, 0.2) is 5.69 Å². The summed E-state index contributed by atoms with van der Waals surface area (Å²) in [7, 11) is 0. The minimum absolute atomic E-state index is 0.00913. The summed E-state index contributed by atoms with van der Waals surface area (Å²) in [6, 6.07) is 2.29. The van der Waals surface area contributed by atoms with Gasteiger partial charge in [-0.15, -0.1) is 0 Å². The Labute approximate surface area is 157 Å².